The van der Waals surface area contributed by atoms with Gasteiger partial charge in [0.25, 0.3) is 5.69 Å². The molecule has 0 heterocycles. The van der Waals surface area contributed by atoms with Crippen molar-refractivity contribution in [2.75, 3.05) is 0 Å². The number of nitrogens with two attached hydrogens (primary N) is 1. The molecular weight excluding hydrogens is 293 g/mol. The van der Waals surface area contributed by atoms with Gasteiger partial charge < -0.3 is 5.73 Å². The van der Waals surface area contributed by atoms with Gasteiger partial charge in [0.05, 0.1) is 10.5 Å². The minimum atomic E-state index is -4.57. The highest BCUT2D eigenvalue weighted by molar-refractivity contribution is 9.10. The fourth-order valence-corrected chi connectivity index (χ4v) is 1.71. The van der Waals surface area contributed by atoms with Crippen LogP contribution in [-0.2, 0) is 12.7 Å². The highest BCUT2D eigenvalue weighted by Gasteiger charge is 2.35. The molecule has 2 N–H and O–H groups in total. The quantitative estimate of drug-likeness (QED) is 0.674. The Labute approximate surface area is 96.5 Å². The van der Waals surface area contributed by atoms with E-state index in [1.807, 2.05) is 0 Å². The lowest BCUT2D eigenvalue weighted by molar-refractivity contribution is -0.385. The van der Waals surface area contributed by atoms with Gasteiger partial charge in [-0.1, -0.05) is 0 Å². The van der Waals surface area contributed by atoms with Crippen LogP contribution in [0.3, 0.4) is 0 Å². The van der Waals surface area contributed by atoms with Crippen LogP contribution in [0.5, 0.6) is 0 Å². The summed E-state index contributed by atoms with van der Waals surface area (Å²) in [7, 11) is 0. The van der Waals surface area contributed by atoms with Gasteiger partial charge in [0.2, 0.25) is 0 Å². The van der Waals surface area contributed by atoms with E-state index in [2.05, 4.69) is 15.9 Å². The predicted octanol–water partition coefficient (Wildman–Crippen LogP) is 2.83. The minimum absolute atomic E-state index is 0.152. The summed E-state index contributed by atoms with van der Waals surface area (Å²) in [6.07, 6.45) is -4.57. The average Bonchev–Trinajstić information content (AvgIpc) is 2.15. The molecule has 1 aromatic rings. The van der Waals surface area contributed by atoms with Gasteiger partial charge in [-0.05, 0) is 22.0 Å². The molecule has 0 aliphatic carbocycles. The number of benzene rings is 1. The number of nitrogens with zero attached hydrogens (tertiary/aromatic N) is 1. The van der Waals surface area contributed by atoms with Gasteiger partial charge in [-0.2, -0.15) is 13.2 Å². The number of alkyl halides is 3. The van der Waals surface area contributed by atoms with E-state index in [1.165, 1.54) is 0 Å². The fraction of sp³-hybridized carbons (Fsp3) is 0.250. The lowest BCUT2D eigenvalue weighted by atomic mass is 10.1. The van der Waals surface area contributed by atoms with E-state index in [1.54, 1.807) is 0 Å². The molecule has 0 spiro atoms. The number of halogens is 4. The molecule has 0 unspecified atom stereocenters. The Morgan fingerprint density at radius 1 is 1.44 bits per heavy atom. The molecule has 0 atom stereocenters. The van der Waals surface area contributed by atoms with Gasteiger partial charge in [-0.25, -0.2) is 0 Å². The third kappa shape index (κ3) is 2.50. The smallest absolute Gasteiger partial charge is 0.326 e. The Bertz CT molecular complexity index is 434. The van der Waals surface area contributed by atoms with Crippen molar-refractivity contribution in [1.29, 1.82) is 0 Å². The van der Waals surface area contributed by atoms with E-state index >= 15 is 0 Å². The van der Waals surface area contributed by atoms with Crippen LogP contribution in [0.1, 0.15) is 11.1 Å². The second-order valence-electron chi connectivity index (χ2n) is 2.92. The monoisotopic (exact) mass is 298 g/mol. The van der Waals surface area contributed by atoms with Crippen molar-refractivity contribution in [1.82, 2.24) is 0 Å². The maximum absolute atomic E-state index is 12.5. The topological polar surface area (TPSA) is 69.2 Å². The summed E-state index contributed by atoms with van der Waals surface area (Å²) in [5.41, 5.74) is 3.61. The maximum Gasteiger partial charge on any atom is 0.417 e. The van der Waals surface area contributed by atoms with Crippen LogP contribution in [0.4, 0.5) is 18.9 Å². The van der Waals surface area contributed by atoms with Crippen molar-refractivity contribution >= 4 is 21.6 Å². The van der Waals surface area contributed by atoms with Gasteiger partial charge >= 0.3 is 6.18 Å². The molecule has 0 bridgehead atoms. The lowest BCUT2D eigenvalue weighted by Gasteiger charge is -2.10. The van der Waals surface area contributed by atoms with Gasteiger partial charge in [0.1, 0.15) is 0 Å². The Kier molecular flexibility index (Phi) is 3.54. The molecule has 0 amide bonds. The standard InChI is InChI=1S/C8H6BrF3N2O2/c9-6-2-7(14(15)16)4(3-13)1-5(6)8(10,11)12/h1-2H,3,13H2. The molecule has 4 nitrogen and oxygen atoms in total. The molecule has 0 aromatic heterocycles. The van der Waals surface area contributed by atoms with Crippen molar-refractivity contribution in [3.8, 4) is 0 Å². The molecule has 1 aromatic carbocycles. The minimum Gasteiger partial charge on any atom is -0.326 e. The largest absolute Gasteiger partial charge is 0.417 e. The molecule has 0 aliphatic rings. The second kappa shape index (κ2) is 4.38. The van der Waals surface area contributed by atoms with Crippen LogP contribution in [0, 0.1) is 10.1 Å². The third-order valence-electron chi connectivity index (χ3n) is 1.89. The van der Waals surface area contributed by atoms with Crippen molar-refractivity contribution in [3.05, 3.63) is 37.8 Å². The zero-order chi connectivity index (χ0) is 12.5. The summed E-state index contributed by atoms with van der Waals surface area (Å²) in [5, 5.41) is 10.5. The van der Waals surface area contributed by atoms with Crippen molar-refractivity contribution in [2.24, 2.45) is 5.73 Å². The van der Waals surface area contributed by atoms with Gasteiger partial charge in [0.15, 0.2) is 0 Å². The van der Waals surface area contributed by atoms with Crippen LogP contribution in [0.2, 0.25) is 0 Å². The average molecular weight is 299 g/mol. The van der Waals surface area contributed by atoms with Crippen LogP contribution >= 0.6 is 15.9 Å². The molecule has 1 rings (SSSR count). The fourth-order valence-electron chi connectivity index (χ4n) is 1.16. The number of nitro benzene ring substituents is 1. The summed E-state index contributed by atoms with van der Waals surface area (Å²) >= 11 is 2.65. The van der Waals surface area contributed by atoms with Gasteiger partial charge in [0, 0.05) is 22.6 Å². The van der Waals surface area contributed by atoms with E-state index < -0.39 is 22.4 Å². The Morgan fingerprint density at radius 3 is 2.38 bits per heavy atom. The summed E-state index contributed by atoms with van der Waals surface area (Å²) in [4.78, 5) is 9.77. The summed E-state index contributed by atoms with van der Waals surface area (Å²) < 4.78 is 37.0. The highest BCUT2D eigenvalue weighted by atomic mass is 79.9. The molecule has 0 saturated carbocycles. The van der Waals surface area contributed by atoms with E-state index in [4.69, 9.17) is 5.73 Å². The second-order valence-corrected chi connectivity index (χ2v) is 3.77. The molecule has 0 radical (unpaired) electrons. The Balaban J connectivity index is 3.43. The number of nitro groups is 1. The number of hydrogen-bond donors (Lipinski definition) is 1. The SMILES string of the molecule is NCc1cc(C(F)(F)F)c(Br)cc1[N+](=O)[O-]. The summed E-state index contributed by atoms with van der Waals surface area (Å²) in [6.45, 7) is -0.327. The third-order valence-corrected chi connectivity index (χ3v) is 2.55. The Morgan fingerprint density at radius 2 is 2.00 bits per heavy atom. The first-order valence-electron chi connectivity index (χ1n) is 4.01. The van der Waals surface area contributed by atoms with Crippen LogP contribution in [-0.4, -0.2) is 4.92 Å². The molecular formula is C8H6BrF3N2O2. The first-order valence-corrected chi connectivity index (χ1v) is 4.80. The predicted molar refractivity (Wildman–Crippen MR) is 53.7 cm³/mol. The maximum atomic E-state index is 12.5. The van der Waals surface area contributed by atoms with E-state index in [-0.39, 0.29) is 16.6 Å². The van der Waals surface area contributed by atoms with E-state index in [0.29, 0.717) is 6.07 Å². The molecule has 8 heteroatoms. The normalized spacial score (nSPS) is 11.6. The van der Waals surface area contributed by atoms with Crippen LogP contribution < -0.4 is 5.73 Å². The van der Waals surface area contributed by atoms with Crippen molar-refractivity contribution in [3.63, 3.8) is 0 Å². The van der Waals surface area contributed by atoms with E-state index in [9.17, 15) is 23.3 Å². The highest BCUT2D eigenvalue weighted by Crippen LogP contribution is 2.38. The summed E-state index contributed by atoms with van der Waals surface area (Å²) in [5.74, 6) is 0. The zero-order valence-corrected chi connectivity index (χ0v) is 9.30. The van der Waals surface area contributed by atoms with Gasteiger partial charge in [-0.3, -0.25) is 10.1 Å². The molecule has 88 valence electrons. The molecule has 0 fully saturated rings. The van der Waals surface area contributed by atoms with Crippen LogP contribution in [0.25, 0.3) is 0 Å². The first-order chi connectivity index (χ1) is 7.27. The first kappa shape index (κ1) is 12.9. The molecule has 0 saturated heterocycles. The number of hydrogen-bond acceptors (Lipinski definition) is 3. The Hall–Kier alpha value is -1.15. The summed E-state index contributed by atoms with van der Waals surface area (Å²) in [6, 6.07) is 1.49. The lowest BCUT2D eigenvalue weighted by Crippen LogP contribution is -2.10. The molecule has 16 heavy (non-hydrogen) atoms. The van der Waals surface area contributed by atoms with Crippen molar-refractivity contribution in [2.45, 2.75) is 12.7 Å². The zero-order valence-electron chi connectivity index (χ0n) is 7.71. The number of rotatable bonds is 2. The molecule has 0 aliphatic heterocycles. The van der Waals surface area contributed by atoms with Crippen molar-refractivity contribution < 1.29 is 18.1 Å². The van der Waals surface area contributed by atoms with Gasteiger partial charge in [-0.15, -0.1) is 0 Å². The van der Waals surface area contributed by atoms with Crippen LogP contribution in [0.15, 0.2) is 16.6 Å². The van der Waals surface area contributed by atoms with E-state index in [0.717, 1.165) is 6.07 Å².